The number of amidine groups is 1. The molecule has 0 amide bonds. The van der Waals surface area contributed by atoms with Crippen LogP contribution in [0.15, 0.2) is 40.5 Å². The lowest BCUT2D eigenvalue weighted by molar-refractivity contribution is 0.901. The molecule has 1 aromatic heterocycles. The summed E-state index contributed by atoms with van der Waals surface area (Å²) in [5.74, 6) is 1.95. The molecule has 16 heavy (non-hydrogen) atoms. The molecule has 0 spiro atoms. The van der Waals surface area contributed by atoms with E-state index in [2.05, 4.69) is 20.7 Å². The number of fused-ring (bicyclic) bond motifs is 1. The van der Waals surface area contributed by atoms with E-state index in [1.54, 1.807) is 11.8 Å². The second kappa shape index (κ2) is 4.51. The Hall–Kier alpha value is -0.940. The highest BCUT2D eigenvalue weighted by Gasteiger charge is 2.26. The maximum Gasteiger partial charge on any atom is 0.161 e. The van der Waals surface area contributed by atoms with Gasteiger partial charge in [-0.3, -0.25) is 9.98 Å². The monoisotopic (exact) mass is 249 g/mol. The van der Waals surface area contributed by atoms with E-state index < -0.39 is 0 Å². The van der Waals surface area contributed by atoms with Crippen LogP contribution in [-0.4, -0.2) is 21.9 Å². The third-order valence-corrected chi connectivity index (χ3v) is 4.28. The second-order valence-electron chi connectivity index (χ2n) is 3.59. The van der Waals surface area contributed by atoms with Crippen LogP contribution in [-0.2, 0) is 5.75 Å². The van der Waals surface area contributed by atoms with E-state index in [4.69, 9.17) is 0 Å². The topological polar surface area (TPSA) is 37.3 Å². The normalized spacial score (nSPS) is 22.4. The molecule has 2 aliphatic heterocycles. The van der Waals surface area contributed by atoms with Gasteiger partial charge >= 0.3 is 0 Å². The molecular formula is C11H11N3S2. The molecule has 2 aliphatic rings. The Balaban J connectivity index is 1.59. The number of rotatable bonds is 2. The van der Waals surface area contributed by atoms with Gasteiger partial charge in [0, 0.05) is 23.4 Å². The van der Waals surface area contributed by atoms with Crippen molar-refractivity contribution >= 4 is 28.7 Å². The fraction of sp³-hybridized carbons (Fsp3) is 0.273. The first-order valence-corrected chi connectivity index (χ1v) is 7.14. The Morgan fingerprint density at radius 1 is 1.50 bits per heavy atom. The van der Waals surface area contributed by atoms with Crippen molar-refractivity contribution in [2.45, 2.75) is 11.8 Å². The van der Waals surface area contributed by atoms with Gasteiger partial charge in [0.15, 0.2) is 5.17 Å². The number of aliphatic imine (C=N–C) groups is 1. The number of nitrogens with one attached hydrogen (secondary N) is 1. The molecule has 0 aliphatic carbocycles. The summed E-state index contributed by atoms with van der Waals surface area (Å²) in [6.07, 6.45) is 1.83. The quantitative estimate of drug-likeness (QED) is 0.872. The first-order chi connectivity index (χ1) is 7.92. The minimum atomic E-state index is 0.372. The van der Waals surface area contributed by atoms with Gasteiger partial charge in [-0.2, -0.15) is 0 Å². The van der Waals surface area contributed by atoms with E-state index in [0.717, 1.165) is 22.4 Å². The SMILES string of the molecule is C1=C2NC(SCc3ccccn3)=NC2CS1. The minimum absolute atomic E-state index is 0.372. The summed E-state index contributed by atoms with van der Waals surface area (Å²) >= 11 is 3.55. The van der Waals surface area contributed by atoms with Crippen molar-refractivity contribution in [1.29, 1.82) is 0 Å². The minimum Gasteiger partial charge on any atom is -0.336 e. The van der Waals surface area contributed by atoms with E-state index in [-0.39, 0.29) is 0 Å². The lowest BCUT2D eigenvalue weighted by atomic mass is 10.3. The maximum atomic E-state index is 4.62. The zero-order chi connectivity index (χ0) is 10.8. The van der Waals surface area contributed by atoms with Crippen LogP contribution in [0.5, 0.6) is 0 Å². The summed E-state index contributed by atoms with van der Waals surface area (Å²) in [6.45, 7) is 0. The van der Waals surface area contributed by atoms with E-state index in [1.807, 2.05) is 36.2 Å². The fourth-order valence-corrected chi connectivity index (χ4v) is 3.39. The Bertz CT molecular complexity index is 442. The van der Waals surface area contributed by atoms with E-state index in [1.165, 1.54) is 5.70 Å². The third kappa shape index (κ3) is 2.10. The smallest absolute Gasteiger partial charge is 0.161 e. The highest BCUT2D eigenvalue weighted by Crippen LogP contribution is 2.29. The van der Waals surface area contributed by atoms with Gasteiger partial charge in [0.25, 0.3) is 0 Å². The number of nitrogens with zero attached hydrogens (tertiary/aromatic N) is 2. The van der Waals surface area contributed by atoms with Crippen molar-refractivity contribution in [3.8, 4) is 0 Å². The molecule has 0 aromatic carbocycles. The van der Waals surface area contributed by atoms with Gasteiger partial charge in [0.05, 0.1) is 5.69 Å². The highest BCUT2D eigenvalue weighted by atomic mass is 32.2. The lowest BCUT2D eigenvalue weighted by Crippen LogP contribution is -2.15. The first kappa shape index (κ1) is 10.2. The van der Waals surface area contributed by atoms with Gasteiger partial charge in [0.2, 0.25) is 0 Å². The molecular weight excluding hydrogens is 238 g/mol. The number of thioether (sulfide) groups is 2. The van der Waals surface area contributed by atoms with E-state index in [0.29, 0.717) is 6.04 Å². The van der Waals surface area contributed by atoms with Crippen LogP contribution >= 0.6 is 23.5 Å². The second-order valence-corrected chi connectivity index (χ2v) is 5.46. The Morgan fingerprint density at radius 2 is 2.50 bits per heavy atom. The Morgan fingerprint density at radius 3 is 3.31 bits per heavy atom. The Labute approximate surface area is 103 Å². The molecule has 0 saturated heterocycles. The molecule has 3 rings (SSSR count). The number of hydrogen-bond donors (Lipinski definition) is 1. The molecule has 1 N–H and O–H groups in total. The van der Waals surface area contributed by atoms with Crippen LogP contribution < -0.4 is 5.32 Å². The molecule has 0 saturated carbocycles. The summed E-state index contributed by atoms with van der Waals surface area (Å²) in [4.78, 5) is 8.91. The van der Waals surface area contributed by atoms with Gasteiger partial charge in [0.1, 0.15) is 6.04 Å². The Kier molecular flexibility index (Phi) is 2.88. The molecule has 0 bridgehead atoms. The molecule has 1 atom stereocenters. The summed E-state index contributed by atoms with van der Waals surface area (Å²) in [6, 6.07) is 6.36. The maximum absolute atomic E-state index is 4.62. The predicted octanol–water partition coefficient (Wildman–Crippen LogP) is 2.23. The molecule has 3 nitrogen and oxygen atoms in total. The van der Waals surface area contributed by atoms with Gasteiger partial charge in [-0.25, -0.2) is 0 Å². The van der Waals surface area contributed by atoms with Crippen LogP contribution in [0.4, 0.5) is 0 Å². The summed E-state index contributed by atoms with van der Waals surface area (Å²) in [5.41, 5.74) is 2.35. The number of pyridine rings is 1. The van der Waals surface area contributed by atoms with Crippen molar-refractivity contribution in [3.63, 3.8) is 0 Å². The van der Waals surface area contributed by atoms with Crippen LogP contribution in [0.3, 0.4) is 0 Å². The average Bonchev–Trinajstić information content (AvgIpc) is 2.88. The third-order valence-electron chi connectivity index (χ3n) is 2.43. The molecule has 5 heteroatoms. The molecule has 3 heterocycles. The zero-order valence-corrected chi connectivity index (χ0v) is 10.2. The van der Waals surface area contributed by atoms with Gasteiger partial charge in [-0.1, -0.05) is 17.8 Å². The van der Waals surface area contributed by atoms with Crippen LogP contribution in [0.2, 0.25) is 0 Å². The zero-order valence-electron chi connectivity index (χ0n) is 8.59. The highest BCUT2D eigenvalue weighted by molar-refractivity contribution is 8.13. The van der Waals surface area contributed by atoms with Crippen molar-refractivity contribution in [1.82, 2.24) is 10.3 Å². The molecule has 1 unspecified atom stereocenters. The lowest BCUT2D eigenvalue weighted by Gasteiger charge is -2.01. The van der Waals surface area contributed by atoms with Gasteiger partial charge < -0.3 is 5.32 Å². The van der Waals surface area contributed by atoms with Gasteiger partial charge in [-0.15, -0.1) is 11.8 Å². The van der Waals surface area contributed by atoms with Crippen LogP contribution in [0.1, 0.15) is 5.69 Å². The van der Waals surface area contributed by atoms with Crippen molar-refractivity contribution in [3.05, 3.63) is 41.2 Å². The molecule has 0 radical (unpaired) electrons. The predicted molar refractivity (Wildman–Crippen MR) is 70.4 cm³/mol. The summed E-state index contributed by atoms with van der Waals surface area (Å²) in [7, 11) is 0. The molecule has 1 aromatic rings. The fourth-order valence-electron chi connectivity index (χ4n) is 1.61. The average molecular weight is 249 g/mol. The van der Waals surface area contributed by atoms with Crippen molar-refractivity contribution in [2.24, 2.45) is 4.99 Å². The first-order valence-electron chi connectivity index (χ1n) is 5.11. The van der Waals surface area contributed by atoms with Gasteiger partial charge in [-0.05, 0) is 17.5 Å². The summed E-state index contributed by atoms with van der Waals surface area (Å²) in [5, 5.41) is 6.55. The van der Waals surface area contributed by atoms with E-state index >= 15 is 0 Å². The summed E-state index contributed by atoms with van der Waals surface area (Å²) < 4.78 is 0. The number of aromatic nitrogens is 1. The number of hydrogen-bond acceptors (Lipinski definition) is 5. The van der Waals surface area contributed by atoms with Crippen LogP contribution in [0, 0.1) is 0 Å². The van der Waals surface area contributed by atoms with Crippen molar-refractivity contribution < 1.29 is 0 Å². The standard InChI is InChI=1S/C11H11N3S2/c1-2-4-12-8(3-1)5-16-11-13-9-6-15-7-10(9)14-11/h1-4,6,10H,5,7H2,(H,13,14). The largest absolute Gasteiger partial charge is 0.336 e. The molecule has 82 valence electrons. The molecule has 0 fully saturated rings. The van der Waals surface area contributed by atoms with E-state index in [9.17, 15) is 0 Å². The van der Waals surface area contributed by atoms with Crippen molar-refractivity contribution in [2.75, 3.05) is 5.75 Å². The van der Waals surface area contributed by atoms with Crippen LogP contribution in [0.25, 0.3) is 0 Å².